The SMILES string of the molecule is CSc1ccc(Cl)cc1C(C)(C)O. The second-order valence-electron chi connectivity index (χ2n) is 3.40. The van der Waals surface area contributed by atoms with E-state index in [2.05, 4.69) is 0 Å². The molecule has 0 heterocycles. The molecule has 0 amide bonds. The highest BCUT2D eigenvalue weighted by molar-refractivity contribution is 7.98. The molecular weight excluding hydrogens is 204 g/mol. The number of benzene rings is 1. The van der Waals surface area contributed by atoms with Gasteiger partial charge in [-0.15, -0.1) is 11.8 Å². The molecule has 13 heavy (non-hydrogen) atoms. The Kier molecular flexibility index (Phi) is 3.28. The molecule has 0 fully saturated rings. The molecule has 0 saturated carbocycles. The predicted octanol–water partition coefficient (Wildman–Crippen LogP) is 3.29. The van der Waals surface area contributed by atoms with E-state index >= 15 is 0 Å². The lowest BCUT2D eigenvalue weighted by atomic mass is 9.99. The molecule has 0 aliphatic carbocycles. The Morgan fingerprint density at radius 1 is 1.38 bits per heavy atom. The molecule has 72 valence electrons. The van der Waals surface area contributed by atoms with Crippen LogP contribution >= 0.6 is 23.4 Å². The van der Waals surface area contributed by atoms with Crippen LogP contribution in [-0.4, -0.2) is 11.4 Å². The van der Waals surface area contributed by atoms with Crippen LogP contribution in [-0.2, 0) is 5.60 Å². The minimum atomic E-state index is -0.830. The summed E-state index contributed by atoms with van der Waals surface area (Å²) in [5.74, 6) is 0. The first-order chi connectivity index (χ1) is 5.95. The Morgan fingerprint density at radius 2 is 2.00 bits per heavy atom. The van der Waals surface area contributed by atoms with E-state index in [0.717, 1.165) is 10.5 Å². The largest absolute Gasteiger partial charge is 0.386 e. The Hall–Kier alpha value is -0.180. The van der Waals surface area contributed by atoms with Crippen LogP contribution in [0.15, 0.2) is 23.1 Å². The van der Waals surface area contributed by atoms with Crippen molar-refractivity contribution in [1.29, 1.82) is 0 Å². The van der Waals surface area contributed by atoms with Gasteiger partial charge in [-0.05, 0) is 43.9 Å². The lowest BCUT2D eigenvalue weighted by Crippen LogP contribution is -2.16. The summed E-state index contributed by atoms with van der Waals surface area (Å²) in [4.78, 5) is 1.07. The zero-order chi connectivity index (χ0) is 10.1. The number of hydrogen-bond acceptors (Lipinski definition) is 2. The number of hydrogen-bond donors (Lipinski definition) is 1. The first kappa shape index (κ1) is 10.9. The average Bonchev–Trinajstić information content (AvgIpc) is 2.03. The van der Waals surface area contributed by atoms with Crippen molar-refractivity contribution in [3.05, 3.63) is 28.8 Å². The van der Waals surface area contributed by atoms with Crippen LogP contribution in [0.2, 0.25) is 5.02 Å². The molecule has 0 aliphatic heterocycles. The summed E-state index contributed by atoms with van der Waals surface area (Å²) in [6.07, 6.45) is 1.98. The predicted molar refractivity (Wildman–Crippen MR) is 58.5 cm³/mol. The Balaban J connectivity index is 3.24. The molecule has 0 spiro atoms. The van der Waals surface area contributed by atoms with Crippen LogP contribution < -0.4 is 0 Å². The summed E-state index contributed by atoms with van der Waals surface area (Å²) in [7, 11) is 0. The van der Waals surface area contributed by atoms with Crippen molar-refractivity contribution in [2.75, 3.05) is 6.26 Å². The molecule has 0 aliphatic rings. The molecule has 0 radical (unpaired) electrons. The smallest absolute Gasteiger partial charge is 0.0851 e. The minimum absolute atomic E-state index is 0.662. The van der Waals surface area contributed by atoms with Gasteiger partial charge in [0.2, 0.25) is 0 Å². The van der Waals surface area contributed by atoms with Crippen molar-refractivity contribution >= 4 is 23.4 Å². The van der Waals surface area contributed by atoms with Gasteiger partial charge in [-0.25, -0.2) is 0 Å². The Bertz CT molecular complexity index is 304. The Morgan fingerprint density at radius 3 is 2.46 bits per heavy atom. The molecular formula is C10H13ClOS. The topological polar surface area (TPSA) is 20.2 Å². The van der Waals surface area contributed by atoms with Gasteiger partial charge in [-0.3, -0.25) is 0 Å². The molecule has 1 aromatic carbocycles. The minimum Gasteiger partial charge on any atom is -0.386 e. The standard InChI is InChI=1S/C10H13ClOS/c1-10(2,12)8-6-7(11)4-5-9(8)13-3/h4-6,12H,1-3H3. The van der Waals surface area contributed by atoms with Crippen molar-refractivity contribution < 1.29 is 5.11 Å². The molecule has 1 nitrogen and oxygen atoms in total. The normalized spacial score (nSPS) is 11.8. The molecule has 1 aromatic rings. The van der Waals surface area contributed by atoms with E-state index < -0.39 is 5.60 Å². The highest BCUT2D eigenvalue weighted by Gasteiger charge is 2.19. The molecule has 3 heteroatoms. The number of aliphatic hydroxyl groups is 1. The van der Waals surface area contributed by atoms with Crippen molar-refractivity contribution in [2.45, 2.75) is 24.3 Å². The van der Waals surface area contributed by atoms with Crippen molar-refractivity contribution in [1.82, 2.24) is 0 Å². The van der Waals surface area contributed by atoms with Gasteiger partial charge < -0.3 is 5.11 Å². The first-order valence-electron chi connectivity index (χ1n) is 4.01. The third-order valence-corrected chi connectivity index (χ3v) is 2.85. The maximum absolute atomic E-state index is 9.85. The summed E-state index contributed by atoms with van der Waals surface area (Å²) >= 11 is 7.47. The van der Waals surface area contributed by atoms with Crippen molar-refractivity contribution in [2.24, 2.45) is 0 Å². The van der Waals surface area contributed by atoms with E-state index in [-0.39, 0.29) is 0 Å². The average molecular weight is 217 g/mol. The van der Waals surface area contributed by atoms with Crippen LogP contribution in [0.4, 0.5) is 0 Å². The van der Waals surface area contributed by atoms with E-state index in [1.807, 2.05) is 24.5 Å². The summed E-state index contributed by atoms with van der Waals surface area (Å²) in [6, 6.07) is 5.58. The molecule has 0 saturated heterocycles. The fraction of sp³-hybridized carbons (Fsp3) is 0.400. The maximum atomic E-state index is 9.85. The Labute approximate surface area is 88.1 Å². The highest BCUT2D eigenvalue weighted by atomic mass is 35.5. The van der Waals surface area contributed by atoms with Gasteiger partial charge in [-0.2, -0.15) is 0 Å². The van der Waals surface area contributed by atoms with Gasteiger partial charge in [0.15, 0.2) is 0 Å². The quantitative estimate of drug-likeness (QED) is 0.766. The summed E-state index contributed by atoms with van der Waals surface area (Å²) < 4.78 is 0. The van der Waals surface area contributed by atoms with Crippen LogP contribution in [0.25, 0.3) is 0 Å². The third kappa shape index (κ3) is 2.63. The van der Waals surface area contributed by atoms with E-state index in [1.165, 1.54) is 0 Å². The van der Waals surface area contributed by atoms with Crippen LogP contribution in [0.3, 0.4) is 0 Å². The summed E-state index contributed by atoms with van der Waals surface area (Å²) in [5, 5.41) is 10.5. The zero-order valence-corrected chi connectivity index (χ0v) is 9.54. The van der Waals surface area contributed by atoms with Crippen molar-refractivity contribution in [3.8, 4) is 0 Å². The van der Waals surface area contributed by atoms with Crippen LogP contribution in [0, 0.1) is 0 Å². The number of halogens is 1. The fourth-order valence-electron chi connectivity index (χ4n) is 1.16. The van der Waals surface area contributed by atoms with Gasteiger partial charge in [0.25, 0.3) is 0 Å². The van der Waals surface area contributed by atoms with E-state index in [9.17, 15) is 5.11 Å². The second kappa shape index (κ2) is 3.91. The van der Waals surface area contributed by atoms with Gasteiger partial charge in [-0.1, -0.05) is 11.6 Å². The number of rotatable bonds is 2. The fourth-order valence-corrected chi connectivity index (χ4v) is 2.06. The van der Waals surface area contributed by atoms with Gasteiger partial charge in [0, 0.05) is 9.92 Å². The lowest BCUT2D eigenvalue weighted by Gasteiger charge is -2.20. The molecule has 0 atom stereocenters. The second-order valence-corrected chi connectivity index (χ2v) is 4.69. The number of thioether (sulfide) groups is 1. The molecule has 0 aromatic heterocycles. The molecule has 0 bridgehead atoms. The van der Waals surface area contributed by atoms with Crippen LogP contribution in [0.1, 0.15) is 19.4 Å². The zero-order valence-electron chi connectivity index (χ0n) is 7.97. The monoisotopic (exact) mass is 216 g/mol. The van der Waals surface area contributed by atoms with Gasteiger partial charge in [0.05, 0.1) is 5.60 Å². The molecule has 1 rings (SSSR count). The first-order valence-corrected chi connectivity index (χ1v) is 5.62. The third-order valence-electron chi connectivity index (χ3n) is 1.82. The lowest BCUT2D eigenvalue weighted by molar-refractivity contribution is 0.0758. The van der Waals surface area contributed by atoms with E-state index in [1.54, 1.807) is 25.6 Å². The highest BCUT2D eigenvalue weighted by Crippen LogP contribution is 2.31. The summed E-state index contributed by atoms with van der Waals surface area (Å²) in [5.41, 5.74) is 0.0518. The van der Waals surface area contributed by atoms with E-state index in [0.29, 0.717) is 5.02 Å². The van der Waals surface area contributed by atoms with Gasteiger partial charge in [0.1, 0.15) is 0 Å². The molecule has 0 unspecified atom stereocenters. The van der Waals surface area contributed by atoms with Crippen molar-refractivity contribution in [3.63, 3.8) is 0 Å². The van der Waals surface area contributed by atoms with E-state index in [4.69, 9.17) is 11.6 Å². The maximum Gasteiger partial charge on any atom is 0.0851 e. The molecule has 1 N–H and O–H groups in total. The van der Waals surface area contributed by atoms with Gasteiger partial charge >= 0.3 is 0 Å². The van der Waals surface area contributed by atoms with Crippen LogP contribution in [0.5, 0.6) is 0 Å². The summed E-state index contributed by atoms with van der Waals surface area (Å²) in [6.45, 7) is 3.52.